The summed E-state index contributed by atoms with van der Waals surface area (Å²) >= 11 is 5.43. The van der Waals surface area contributed by atoms with Crippen LogP contribution in [0, 0.1) is 11.6 Å². The van der Waals surface area contributed by atoms with Crippen LogP contribution in [0.15, 0.2) is 12.1 Å². The molecule has 17 heavy (non-hydrogen) atoms. The van der Waals surface area contributed by atoms with Crippen LogP contribution < -0.4 is 5.32 Å². The molecule has 0 bridgehead atoms. The molecule has 94 valence electrons. The van der Waals surface area contributed by atoms with E-state index in [1.54, 1.807) is 0 Å². The Labute approximate surface area is 105 Å². The van der Waals surface area contributed by atoms with Crippen molar-refractivity contribution >= 4 is 11.6 Å². The molecule has 1 saturated heterocycles. The van der Waals surface area contributed by atoms with Crippen LogP contribution in [0.1, 0.15) is 5.56 Å². The van der Waals surface area contributed by atoms with Crippen LogP contribution >= 0.6 is 11.6 Å². The Morgan fingerprint density at radius 2 is 1.76 bits per heavy atom. The molecule has 0 saturated carbocycles. The van der Waals surface area contributed by atoms with Crippen molar-refractivity contribution in [2.75, 3.05) is 32.7 Å². The number of halogens is 3. The molecule has 1 aromatic rings. The van der Waals surface area contributed by atoms with E-state index in [0.29, 0.717) is 12.0 Å². The molecule has 5 heteroatoms. The Morgan fingerprint density at radius 3 is 2.35 bits per heavy atom. The van der Waals surface area contributed by atoms with E-state index in [-0.39, 0.29) is 0 Å². The maximum Gasteiger partial charge on any atom is 0.145 e. The molecular formula is C12H15ClF2N2. The fraction of sp³-hybridized carbons (Fsp3) is 0.500. The number of piperazine rings is 1. The standard InChI is InChI=1S/C12H15ClF2N2/c13-12-10(14)7-9(8-11(12)15)1-4-17-5-2-16-3-6-17/h7-8,16H,1-6H2. The van der Waals surface area contributed by atoms with Crippen LogP contribution in [0.3, 0.4) is 0 Å². The highest BCUT2D eigenvalue weighted by atomic mass is 35.5. The number of rotatable bonds is 3. The van der Waals surface area contributed by atoms with Crippen molar-refractivity contribution in [1.82, 2.24) is 10.2 Å². The van der Waals surface area contributed by atoms with Crippen LogP contribution in [0.25, 0.3) is 0 Å². The highest BCUT2D eigenvalue weighted by Crippen LogP contribution is 2.20. The smallest absolute Gasteiger partial charge is 0.145 e. The van der Waals surface area contributed by atoms with Gasteiger partial charge in [0, 0.05) is 32.7 Å². The summed E-state index contributed by atoms with van der Waals surface area (Å²) < 4.78 is 26.4. The average Bonchev–Trinajstić information content (AvgIpc) is 2.34. The van der Waals surface area contributed by atoms with Gasteiger partial charge in [-0.1, -0.05) is 11.6 Å². The van der Waals surface area contributed by atoms with E-state index in [4.69, 9.17) is 11.6 Å². The molecular weight excluding hydrogens is 246 g/mol. The summed E-state index contributed by atoms with van der Waals surface area (Å²) in [6.45, 7) is 4.74. The molecule has 0 atom stereocenters. The molecule has 0 amide bonds. The lowest BCUT2D eigenvalue weighted by Gasteiger charge is -2.27. The Hall–Kier alpha value is -0.710. The van der Waals surface area contributed by atoms with Gasteiger partial charge in [-0.2, -0.15) is 0 Å². The first kappa shape index (κ1) is 12.7. The van der Waals surface area contributed by atoms with Gasteiger partial charge in [0.2, 0.25) is 0 Å². The summed E-state index contributed by atoms with van der Waals surface area (Å²) in [6.07, 6.45) is 0.644. The highest BCUT2D eigenvalue weighted by molar-refractivity contribution is 6.30. The fourth-order valence-electron chi connectivity index (χ4n) is 1.97. The normalized spacial score (nSPS) is 17.4. The van der Waals surface area contributed by atoms with Gasteiger partial charge in [0.15, 0.2) is 0 Å². The average molecular weight is 261 g/mol. The summed E-state index contributed by atoms with van der Waals surface area (Å²) in [7, 11) is 0. The SMILES string of the molecule is Fc1cc(CCN2CCNCC2)cc(F)c1Cl. The molecule has 1 fully saturated rings. The van der Waals surface area contributed by atoms with Gasteiger partial charge in [0.05, 0.1) is 0 Å². The molecule has 1 aliphatic rings. The molecule has 2 nitrogen and oxygen atoms in total. The summed E-state index contributed by atoms with van der Waals surface area (Å²) in [5.74, 6) is -1.36. The van der Waals surface area contributed by atoms with Crippen molar-refractivity contribution < 1.29 is 8.78 Å². The fourth-order valence-corrected chi connectivity index (χ4v) is 2.08. The van der Waals surface area contributed by atoms with Crippen molar-refractivity contribution in [3.05, 3.63) is 34.4 Å². The highest BCUT2D eigenvalue weighted by Gasteiger charge is 2.12. The molecule has 0 spiro atoms. The summed E-state index contributed by atoms with van der Waals surface area (Å²) in [5.41, 5.74) is 0.655. The van der Waals surface area contributed by atoms with Gasteiger partial charge in [-0.25, -0.2) is 8.78 Å². The molecule has 0 aromatic heterocycles. The zero-order chi connectivity index (χ0) is 12.3. The zero-order valence-electron chi connectivity index (χ0n) is 9.48. The predicted molar refractivity (Wildman–Crippen MR) is 64.4 cm³/mol. The van der Waals surface area contributed by atoms with Crippen molar-refractivity contribution in [2.24, 2.45) is 0 Å². The number of nitrogens with one attached hydrogen (secondary N) is 1. The van der Waals surface area contributed by atoms with Gasteiger partial charge in [-0.15, -0.1) is 0 Å². The van der Waals surface area contributed by atoms with Gasteiger partial charge < -0.3 is 10.2 Å². The second kappa shape index (κ2) is 5.76. The minimum atomic E-state index is -0.679. The van der Waals surface area contributed by atoms with Gasteiger partial charge in [-0.3, -0.25) is 0 Å². The van der Waals surface area contributed by atoms with Gasteiger partial charge in [0.1, 0.15) is 16.7 Å². The zero-order valence-corrected chi connectivity index (χ0v) is 10.2. The van der Waals surface area contributed by atoms with Crippen molar-refractivity contribution in [3.8, 4) is 0 Å². The maximum absolute atomic E-state index is 13.2. The van der Waals surface area contributed by atoms with Gasteiger partial charge in [0.25, 0.3) is 0 Å². The minimum Gasteiger partial charge on any atom is -0.314 e. The Balaban J connectivity index is 1.94. The maximum atomic E-state index is 13.2. The number of hydrogen-bond acceptors (Lipinski definition) is 2. The van der Waals surface area contributed by atoms with Gasteiger partial charge in [-0.05, 0) is 24.1 Å². The molecule has 1 N–H and O–H groups in total. The van der Waals surface area contributed by atoms with Crippen LogP contribution in [0.5, 0.6) is 0 Å². The van der Waals surface area contributed by atoms with Crippen molar-refractivity contribution in [2.45, 2.75) is 6.42 Å². The van der Waals surface area contributed by atoms with E-state index in [2.05, 4.69) is 10.2 Å². The Kier molecular flexibility index (Phi) is 4.31. The number of nitrogens with zero attached hydrogens (tertiary/aromatic N) is 1. The van der Waals surface area contributed by atoms with Crippen molar-refractivity contribution in [3.63, 3.8) is 0 Å². The Morgan fingerprint density at radius 1 is 1.18 bits per heavy atom. The van der Waals surface area contributed by atoms with E-state index < -0.39 is 16.7 Å². The lowest BCUT2D eigenvalue weighted by molar-refractivity contribution is 0.244. The Bertz CT molecular complexity index is 369. The molecule has 2 rings (SSSR count). The van der Waals surface area contributed by atoms with Crippen LogP contribution in [0.2, 0.25) is 5.02 Å². The van der Waals surface area contributed by atoms with Crippen LogP contribution in [-0.2, 0) is 6.42 Å². The third kappa shape index (κ3) is 3.37. The lowest BCUT2D eigenvalue weighted by Crippen LogP contribution is -2.44. The molecule has 1 aliphatic heterocycles. The molecule has 0 radical (unpaired) electrons. The third-order valence-electron chi connectivity index (χ3n) is 2.97. The third-order valence-corrected chi connectivity index (χ3v) is 3.33. The molecule has 1 heterocycles. The van der Waals surface area contributed by atoms with E-state index >= 15 is 0 Å². The number of benzene rings is 1. The van der Waals surface area contributed by atoms with E-state index in [0.717, 1.165) is 32.7 Å². The first-order valence-corrected chi connectivity index (χ1v) is 6.11. The second-order valence-electron chi connectivity index (χ2n) is 4.22. The second-order valence-corrected chi connectivity index (χ2v) is 4.59. The first-order chi connectivity index (χ1) is 8.16. The minimum absolute atomic E-state index is 0.420. The van der Waals surface area contributed by atoms with Crippen molar-refractivity contribution in [1.29, 1.82) is 0 Å². The molecule has 0 aliphatic carbocycles. The monoisotopic (exact) mass is 260 g/mol. The van der Waals surface area contributed by atoms with Crippen LogP contribution in [0.4, 0.5) is 8.78 Å². The number of hydrogen-bond donors (Lipinski definition) is 1. The summed E-state index contributed by atoms with van der Waals surface area (Å²) in [5, 5.41) is 2.84. The summed E-state index contributed by atoms with van der Waals surface area (Å²) in [6, 6.07) is 2.63. The van der Waals surface area contributed by atoms with E-state index in [9.17, 15) is 8.78 Å². The van der Waals surface area contributed by atoms with Crippen LogP contribution in [-0.4, -0.2) is 37.6 Å². The largest absolute Gasteiger partial charge is 0.314 e. The lowest BCUT2D eigenvalue weighted by atomic mass is 10.1. The quantitative estimate of drug-likeness (QED) is 0.837. The summed E-state index contributed by atoms with van der Waals surface area (Å²) in [4.78, 5) is 2.28. The van der Waals surface area contributed by atoms with Gasteiger partial charge >= 0.3 is 0 Å². The predicted octanol–water partition coefficient (Wildman–Crippen LogP) is 2.07. The topological polar surface area (TPSA) is 15.3 Å². The first-order valence-electron chi connectivity index (χ1n) is 5.73. The molecule has 1 aromatic carbocycles. The molecule has 0 unspecified atom stereocenters. The van der Waals surface area contributed by atoms with E-state index in [1.165, 1.54) is 12.1 Å². The van der Waals surface area contributed by atoms with E-state index in [1.807, 2.05) is 0 Å².